The van der Waals surface area contributed by atoms with Gasteiger partial charge in [-0.05, 0) is 36.4 Å². The van der Waals surface area contributed by atoms with Crippen LogP contribution in [-0.4, -0.2) is 44.2 Å². The topological polar surface area (TPSA) is 86.8 Å². The SMILES string of the molecule is CCN(CC)S(=O)(=O)c1ccc(N2CC(C(=O)Nc3cc(F)ccc3F)CC2=O)cc1. The van der Waals surface area contributed by atoms with E-state index in [9.17, 15) is 26.8 Å². The summed E-state index contributed by atoms with van der Waals surface area (Å²) in [6.07, 6.45) is -0.0950. The van der Waals surface area contributed by atoms with Gasteiger partial charge in [0, 0.05) is 37.8 Å². The molecule has 31 heavy (non-hydrogen) atoms. The molecule has 1 aliphatic heterocycles. The molecule has 0 aliphatic carbocycles. The molecule has 0 saturated carbocycles. The Morgan fingerprint density at radius 3 is 2.39 bits per heavy atom. The Labute approximate surface area is 179 Å². The number of nitrogens with one attached hydrogen (secondary N) is 1. The predicted octanol–water partition coefficient (Wildman–Crippen LogP) is 2.99. The van der Waals surface area contributed by atoms with Crippen LogP contribution in [0.25, 0.3) is 0 Å². The van der Waals surface area contributed by atoms with Crippen molar-refractivity contribution >= 4 is 33.2 Å². The lowest BCUT2D eigenvalue weighted by atomic mass is 10.1. The Morgan fingerprint density at radius 1 is 1.13 bits per heavy atom. The predicted molar refractivity (Wildman–Crippen MR) is 112 cm³/mol. The summed E-state index contributed by atoms with van der Waals surface area (Å²) in [4.78, 5) is 26.4. The van der Waals surface area contributed by atoms with Crippen LogP contribution < -0.4 is 10.2 Å². The highest BCUT2D eigenvalue weighted by Crippen LogP contribution is 2.28. The Morgan fingerprint density at radius 2 is 1.77 bits per heavy atom. The van der Waals surface area contributed by atoms with Crippen molar-refractivity contribution in [2.24, 2.45) is 5.92 Å². The van der Waals surface area contributed by atoms with E-state index in [-0.39, 0.29) is 29.5 Å². The highest BCUT2D eigenvalue weighted by Gasteiger charge is 2.35. The van der Waals surface area contributed by atoms with Crippen molar-refractivity contribution in [3.8, 4) is 0 Å². The summed E-state index contributed by atoms with van der Waals surface area (Å²) in [6, 6.07) is 8.59. The van der Waals surface area contributed by atoms with Gasteiger partial charge in [-0.2, -0.15) is 4.31 Å². The van der Waals surface area contributed by atoms with E-state index < -0.39 is 33.5 Å². The van der Waals surface area contributed by atoms with Crippen molar-refractivity contribution in [2.75, 3.05) is 29.9 Å². The van der Waals surface area contributed by atoms with E-state index in [0.717, 1.165) is 18.2 Å². The number of benzene rings is 2. The Hall–Kier alpha value is -2.85. The quantitative estimate of drug-likeness (QED) is 0.701. The van der Waals surface area contributed by atoms with Crippen LogP contribution in [0.1, 0.15) is 20.3 Å². The zero-order valence-corrected chi connectivity index (χ0v) is 18.0. The van der Waals surface area contributed by atoms with Gasteiger partial charge in [0.1, 0.15) is 11.6 Å². The largest absolute Gasteiger partial charge is 0.323 e. The summed E-state index contributed by atoms with van der Waals surface area (Å²) in [7, 11) is -3.62. The molecule has 1 unspecified atom stereocenters. The van der Waals surface area contributed by atoms with E-state index >= 15 is 0 Å². The van der Waals surface area contributed by atoms with Crippen LogP contribution in [0.2, 0.25) is 0 Å². The summed E-state index contributed by atoms with van der Waals surface area (Å²) in [5, 5.41) is 2.32. The van der Waals surface area contributed by atoms with Gasteiger partial charge in [-0.3, -0.25) is 9.59 Å². The average molecular weight is 451 g/mol. The molecule has 1 fully saturated rings. The first kappa shape index (κ1) is 22.8. The van der Waals surface area contributed by atoms with E-state index in [1.165, 1.54) is 33.5 Å². The van der Waals surface area contributed by atoms with Crippen LogP contribution in [-0.2, 0) is 19.6 Å². The van der Waals surface area contributed by atoms with Gasteiger partial charge in [0.05, 0.1) is 16.5 Å². The summed E-state index contributed by atoms with van der Waals surface area (Å²) < 4.78 is 53.6. The normalized spacial score (nSPS) is 16.7. The van der Waals surface area contributed by atoms with Crippen LogP contribution in [0.5, 0.6) is 0 Å². The minimum absolute atomic E-state index is 0.0454. The fraction of sp³-hybridized carbons (Fsp3) is 0.333. The van der Waals surface area contributed by atoms with Crippen LogP contribution >= 0.6 is 0 Å². The fourth-order valence-corrected chi connectivity index (χ4v) is 4.93. The monoisotopic (exact) mass is 451 g/mol. The number of amides is 2. The van der Waals surface area contributed by atoms with Gasteiger partial charge in [-0.1, -0.05) is 13.8 Å². The lowest BCUT2D eigenvalue weighted by Crippen LogP contribution is -2.31. The summed E-state index contributed by atoms with van der Waals surface area (Å²) in [5.41, 5.74) is 0.164. The third-order valence-corrected chi connectivity index (χ3v) is 7.24. The highest BCUT2D eigenvalue weighted by molar-refractivity contribution is 7.89. The van der Waals surface area contributed by atoms with E-state index in [1.807, 2.05) is 0 Å². The van der Waals surface area contributed by atoms with Gasteiger partial charge in [-0.25, -0.2) is 17.2 Å². The maximum atomic E-state index is 13.8. The minimum atomic E-state index is -3.62. The first-order chi connectivity index (χ1) is 14.7. The molecule has 0 spiro atoms. The zero-order chi connectivity index (χ0) is 22.8. The Balaban J connectivity index is 1.73. The number of sulfonamides is 1. The van der Waals surface area contributed by atoms with Gasteiger partial charge < -0.3 is 10.2 Å². The molecule has 2 aromatic carbocycles. The fourth-order valence-electron chi connectivity index (χ4n) is 3.47. The van der Waals surface area contributed by atoms with Crippen LogP contribution in [0, 0.1) is 17.6 Å². The average Bonchev–Trinajstić information content (AvgIpc) is 3.13. The van der Waals surface area contributed by atoms with Gasteiger partial charge in [0.25, 0.3) is 0 Å². The molecule has 3 rings (SSSR count). The van der Waals surface area contributed by atoms with Gasteiger partial charge in [-0.15, -0.1) is 0 Å². The number of halogens is 2. The number of anilines is 2. The molecule has 10 heteroatoms. The molecule has 1 N–H and O–H groups in total. The molecule has 1 atom stereocenters. The van der Waals surface area contributed by atoms with Crippen molar-refractivity contribution in [2.45, 2.75) is 25.2 Å². The third kappa shape index (κ3) is 4.75. The number of nitrogens with zero attached hydrogens (tertiary/aromatic N) is 2. The van der Waals surface area contributed by atoms with E-state index in [1.54, 1.807) is 13.8 Å². The second-order valence-electron chi connectivity index (χ2n) is 7.10. The molecule has 1 saturated heterocycles. The highest BCUT2D eigenvalue weighted by atomic mass is 32.2. The zero-order valence-electron chi connectivity index (χ0n) is 17.1. The number of hydrogen-bond acceptors (Lipinski definition) is 4. The second-order valence-corrected chi connectivity index (χ2v) is 9.04. The molecular formula is C21H23F2N3O4S. The number of carbonyl (C=O) groups is 2. The standard InChI is InChI=1S/C21H23F2N3O4S/c1-3-25(4-2)31(29,30)17-8-6-16(7-9-17)26-13-14(11-20(26)27)21(28)24-19-12-15(22)5-10-18(19)23/h5-10,12,14H,3-4,11,13H2,1-2H3,(H,24,28). The molecule has 0 radical (unpaired) electrons. The third-order valence-electron chi connectivity index (χ3n) is 5.17. The first-order valence-electron chi connectivity index (χ1n) is 9.83. The van der Waals surface area contributed by atoms with E-state index in [2.05, 4.69) is 5.32 Å². The van der Waals surface area contributed by atoms with Gasteiger partial charge in [0.2, 0.25) is 21.8 Å². The van der Waals surface area contributed by atoms with Crippen LogP contribution in [0.4, 0.5) is 20.2 Å². The maximum absolute atomic E-state index is 13.8. The number of carbonyl (C=O) groups excluding carboxylic acids is 2. The molecule has 2 aromatic rings. The van der Waals surface area contributed by atoms with Crippen molar-refractivity contribution in [1.29, 1.82) is 0 Å². The van der Waals surface area contributed by atoms with Crippen molar-refractivity contribution < 1.29 is 26.8 Å². The van der Waals surface area contributed by atoms with E-state index in [0.29, 0.717) is 18.8 Å². The van der Waals surface area contributed by atoms with Crippen molar-refractivity contribution in [1.82, 2.24) is 4.31 Å². The molecule has 2 amide bonds. The number of rotatable bonds is 7. The lowest BCUT2D eigenvalue weighted by molar-refractivity contribution is -0.122. The molecule has 0 aromatic heterocycles. The summed E-state index contributed by atoms with van der Waals surface area (Å²) >= 11 is 0. The van der Waals surface area contributed by atoms with E-state index in [4.69, 9.17) is 0 Å². The lowest BCUT2D eigenvalue weighted by Gasteiger charge is -2.20. The minimum Gasteiger partial charge on any atom is -0.323 e. The van der Waals surface area contributed by atoms with Crippen molar-refractivity contribution in [3.63, 3.8) is 0 Å². The summed E-state index contributed by atoms with van der Waals surface area (Å²) in [5.74, 6) is -3.14. The molecule has 7 nitrogen and oxygen atoms in total. The number of hydrogen-bond donors (Lipinski definition) is 1. The molecular weight excluding hydrogens is 428 g/mol. The van der Waals surface area contributed by atoms with Gasteiger partial charge >= 0.3 is 0 Å². The van der Waals surface area contributed by atoms with Crippen LogP contribution in [0.15, 0.2) is 47.4 Å². The van der Waals surface area contributed by atoms with Gasteiger partial charge in [0.15, 0.2) is 0 Å². The Bertz CT molecular complexity index is 1090. The maximum Gasteiger partial charge on any atom is 0.243 e. The van der Waals surface area contributed by atoms with Crippen LogP contribution in [0.3, 0.4) is 0 Å². The van der Waals surface area contributed by atoms with Crippen molar-refractivity contribution in [3.05, 3.63) is 54.1 Å². The molecule has 166 valence electrons. The Kier molecular flexibility index (Phi) is 6.71. The molecule has 1 aliphatic rings. The first-order valence-corrected chi connectivity index (χ1v) is 11.3. The molecule has 1 heterocycles. The summed E-state index contributed by atoms with van der Waals surface area (Å²) in [6.45, 7) is 4.23. The smallest absolute Gasteiger partial charge is 0.243 e. The second kappa shape index (κ2) is 9.11. The molecule has 0 bridgehead atoms.